The van der Waals surface area contributed by atoms with Crippen molar-refractivity contribution in [3.63, 3.8) is 0 Å². The second-order valence-corrected chi connectivity index (χ2v) is 5.62. The molecule has 0 aromatic heterocycles. The van der Waals surface area contributed by atoms with Gasteiger partial charge in [0.05, 0.1) is 0 Å². The third-order valence-corrected chi connectivity index (χ3v) is 4.14. The highest BCUT2D eigenvalue weighted by Crippen LogP contribution is 2.24. The van der Waals surface area contributed by atoms with E-state index >= 15 is 0 Å². The van der Waals surface area contributed by atoms with Crippen molar-refractivity contribution in [3.8, 4) is 0 Å². The molecule has 0 unspecified atom stereocenters. The summed E-state index contributed by atoms with van der Waals surface area (Å²) >= 11 is 0. The predicted molar refractivity (Wildman–Crippen MR) is 81.6 cm³/mol. The van der Waals surface area contributed by atoms with E-state index in [0.29, 0.717) is 18.5 Å². The zero-order chi connectivity index (χ0) is 15.2. The quantitative estimate of drug-likeness (QED) is 0.753. The van der Waals surface area contributed by atoms with Gasteiger partial charge in [-0.15, -0.1) is 0 Å². The Bertz CT molecular complexity index is 508. The molecule has 114 valence electrons. The Hall–Kier alpha value is -1.88. The number of carbonyl (C=O) groups excluding carboxylic acids is 2. The number of hydrogen-bond acceptors (Lipinski definition) is 3. The van der Waals surface area contributed by atoms with Crippen molar-refractivity contribution in [2.75, 3.05) is 6.54 Å². The van der Waals surface area contributed by atoms with Crippen LogP contribution in [0.1, 0.15) is 41.6 Å². The molecule has 0 saturated heterocycles. The Balaban J connectivity index is 1.95. The minimum atomic E-state index is -0.229. The molecule has 5 heteroatoms. The molecule has 21 heavy (non-hydrogen) atoms. The molecule has 1 saturated carbocycles. The third-order valence-electron chi connectivity index (χ3n) is 4.14. The molecule has 1 aromatic carbocycles. The standard InChI is InChI=1S/C16H23N3O2/c17-10-9-11-3-1-2-4-14(11)16(21)19-13-7-5-12(6-8-13)15(18)20/h1-4,12-13H,5-10,17H2,(H2,18,20)(H,19,21). The van der Waals surface area contributed by atoms with Crippen LogP contribution < -0.4 is 16.8 Å². The van der Waals surface area contributed by atoms with Crippen LogP contribution in [-0.4, -0.2) is 24.4 Å². The average Bonchev–Trinajstić information content (AvgIpc) is 2.48. The average molecular weight is 289 g/mol. The van der Waals surface area contributed by atoms with Gasteiger partial charge in [-0.3, -0.25) is 9.59 Å². The van der Waals surface area contributed by atoms with Crippen LogP contribution in [0.4, 0.5) is 0 Å². The van der Waals surface area contributed by atoms with Gasteiger partial charge in [0.15, 0.2) is 0 Å². The molecule has 0 aliphatic heterocycles. The number of carbonyl (C=O) groups is 2. The summed E-state index contributed by atoms with van der Waals surface area (Å²) in [5.74, 6) is -0.322. The van der Waals surface area contributed by atoms with E-state index < -0.39 is 0 Å². The van der Waals surface area contributed by atoms with Crippen LogP contribution in [0.25, 0.3) is 0 Å². The van der Waals surface area contributed by atoms with Crippen LogP contribution in [0.3, 0.4) is 0 Å². The second-order valence-electron chi connectivity index (χ2n) is 5.62. The van der Waals surface area contributed by atoms with Gasteiger partial charge in [0.2, 0.25) is 5.91 Å². The van der Waals surface area contributed by atoms with Gasteiger partial charge in [0.1, 0.15) is 0 Å². The molecule has 5 N–H and O–H groups in total. The number of benzene rings is 1. The SMILES string of the molecule is NCCc1ccccc1C(=O)NC1CCC(C(N)=O)CC1. The first kappa shape index (κ1) is 15.5. The number of rotatable bonds is 5. The fourth-order valence-corrected chi connectivity index (χ4v) is 2.90. The molecule has 0 bridgehead atoms. The molecule has 1 fully saturated rings. The molecule has 0 spiro atoms. The van der Waals surface area contributed by atoms with Crippen LogP contribution in [0, 0.1) is 5.92 Å². The molecule has 1 aliphatic carbocycles. The summed E-state index contributed by atoms with van der Waals surface area (Å²) in [6, 6.07) is 7.67. The molecule has 5 nitrogen and oxygen atoms in total. The second kappa shape index (κ2) is 7.22. The lowest BCUT2D eigenvalue weighted by Crippen LogP contribution is -2.40. The van der Waals surface area contributed by atoms with Crippen molar-refractivity contribution in [3.05, 3.63) is 35.4 Å². The molecule has 0 radical (unpaired) electrons. The summed E-state index contributed by atoms with van der Waals surface area (Å²) in [5, 5.41) is 3.06. The normalized spacial score (nSPS) is 21.8. The molecule has 2 rings (SSSR count). The van der Waals surface area contributed by atoms with Gasteiger partial charge in [0.25, 0.3) is 5.91 Å². The molecule has 2 amide bonds. The van der Waals surface area contributed by atoms with Crippen molar-refractivity contribution in [1.82, 2.24) is 5.32 Å². The fourth-order valence-electron chi connectivity index (χ4n) is 2.90. The molecule has 1 aliphatic rings. The summed E-state index contributed by atoms with van der Waals surface area (Å²) < 4.78 is 0. The Labute approximate surface area is 125 Å². The smallest absolute Gasteiger partial charge is 0.251 e. The van der Waals surface area contributed by atoms with E-state index in [9.17, 15) is 9.59 Å². The van der Waals surface area contributed by atoms with Crippen molar-refractivity contribution in [1.29, 1.82) is 0 Å². The zero-order valence-corrected chi connectivity index (χ0v) is 12.2. The van der Waals surface area contributed by atoms with Crippen molar-refractivity contribution < 1.29 is 9.59 Å². The lowest BCUT2D eigenvalue weighted by molar-refractivity contribution is -0.122. The lowest BCUT2D eigenvalue weighted by Gasteiger charge is -2.27. The lowest BCUT2D eigenvalue weighted by atomic mass is 9.85. The van der Waals surface area contributed by atoms with Gasteiger partial charge in [-0.2, -0.15) is 0 Å². The predicted octanol–water partition coefficient (Wildman–Crippen LogP) is 0.962. The highest BCUT2D eigenvalue weighted by Gasteiger charge is 2.26. The summed E-state index contributed by atoms with van der Waals surface area (Å²) in [6.07, 6.45) is 3.81. The van der Waals surface area contributed by atoms with Crippen molar-refractivity contribution >= 4 is 11.8 Å². The highest BCUT2D eigenvalue weighted by molar-refractivity contribution is 5.95. The van der Waals surface area contributed by atoms with Gasteiger partial charge in [-0.05, 0) is 50.3 Å². The summed E-state index contributed by atoms with van der Waals surface area (Å²) in [7, 11) is 0. The fraction of sp³-hybridized carbons (Fsp3) is 0.500. The van der Waals surface area contributed by atoms with Crippen LogP contribution in [0.15, 0.2) is 24.3 Å². The van der Waals surface area contributed by atoms with E-state index in [0.717, 1.165) is 31.2 Å². The first-order valence-corrected chi connectivity index (χ1v) is 7.50. The minimum absolute atomic E-state index is 0.0392. The van der Waals surface area contributed by atoms with Gasteiger partial charge in [0, 0.05) is 17.5 Å². The number of nitrogens with one attached hydrogen (secondary N) is 1. The first-order chi connectivity index (χ1) is 10.1. The maximum absolute atomic E-state index is 12.4. The van der Waals surface area contributed by atoms with Crippen molar-refractivity contribution in [2.24, 2.45) is 17.4 Å². The van der Waals surface area contributed by atoms with E-state index in [1.165, 1.54) is 0 Å². The maximum atomic E-state index is 12.4. The Morgan fingerprint density at radius 2 is 1.81 bits per heavy atom. The van der Waals surface area contributed by atoms with Crippen LogP contribution in [-0.2, 0) is 11.2 Å². The number of hydrogen-bond donors (Lipinski definition) is 3. The van der Waals surface area contributed by atoms with Crippen molar-refractivity contribution in [2.45, 2.75) is 38.1 Å². The Kier molecular flexibility index (Phi) is 5.33. The van der Waals surface area contributed by atoms with E-state index in [-0.39, 0.29) is 23.8 Å². The van der Waals surface area contributed by atoms with Gasteiger partial charge >= 0.3 is 0 Å². The Morgan fingerprint density at radius 3 is 2.43 bits per heavy atom. The number of nitrogens with two attached hydrogens (primary N) is 2. The van der Waals surface area contributed by atoms with Crippen LogP contribution in [0.5, 0.6) is 0 Å². The molecule has 1 aromatic rings. The topological polar surface area (TPSA) is 98.2 Å². The van der Waals surface area contributed by atoms with E-state index in [2.05, 4.69) is 5.32 Å². The van der Waals surface area contributed by atoms with Gasteiger partial charge in [-0.25, -0.2) is 0 Å². The number of amides is 2. The van der Waals surface area contributed by atoms with E-state index in [1.807, 2.05) is 24.3 Å². The van der Waals surface area contributed by atoms with Crippen LogP contribution >= 0.6 is 0 Å². The molecule has 0 heterocycles. The van der Waals surface area contributed by atoms with Gasteiger partial charge < -0.3 is 16.8 Å². The third kappa shape index (κ3) is 4.04. The molecular formula is C16H23N3O2. The highest BCUT2D eigenvalue weighted by atomic mass is 16.2. The largest absolute Gasteiger partial charge is 0.369 e. The summed E-state index contributed by atoms with van der Waals surface area (Å²) in [5.41, 5.74) is 12.6. The molecular weight excluding hydrogens is 266 g/mol. The molecule has 0 atom stereocenters. The first-order valence-electron chi connectivity index (χ1n) is 7.50. The maximum Gasteiger partial charge on any atom is 0.251 e. The van der Waals surface area contributed by atoms with Crippen LogP contribution in [0.2, 0.25) is 0 Å². The zero-order valence-electron chi connectivity index (χ0n) is 12.2. The van der Waals surface area contributed by atoms with E-state index in [4.69, 9.17) is 11.5 Å². The van der Waals surface area contributed by atoms with E-state index in [1.54, 1.807) is 0 Å². The monoisotopic (exact) mass is 289 g/mol. The minimum Gasteiger partial charge on any atom is -0.369 e. The summed E-state index contributed by atoms with van der Waals surface area (Å²) in [6.45, 7) is 0.522. The van der Waals surface area contributed by atoms with Gasteiger partial charge in [-0.1, -0.05) is 18.2 Å². The summed E-state index contributed by atoms with van der Waals surface area (Å²) in [4.78, 5) is 23.5. The Morgan fingerprint density at radius 1 is 1.14 bits per heavy atom. The number of primary amides is 1.